The van der Waals surface area contributed by atoms with Crippen molar-refractivity contribution in [1.82, 2.24) is 5.32 Å². The average Bonchev–Trinajstić information content (AvgIpc) is 2.15. The third-order valence-corrected chi connectivity index (χ3v) is 3.09. The summed E-state index contributed by atoms with van der Waals surface area (Å²) in [6.45, 7) is 6.30. The molecule has 0 amide bonds. The standard InChI is InChI=1S/C12H21N/c1-3-4-9-13-10-12-8-6-5-7-11(12)2/h11-13H,5-10H2,1-2H3. The van der Waals surface area contributed by atoms with Gasteiger partial charge in [-0.2, -0.15) is 0 Å². The van der Waals surface area contributed by atoms with E-state index < -0.39 is 0 Å². The Hall–Kier alpha value is -0.480. The van der Waals surface area contributed by atoms with Crippen molar-refractivity contribution in [2.75, 3.05) is 13.1 Å². The van der Waals surface area contributed by atoms with Gasteiger partial charge in [0.05, 0.1) is 6.54 Å². The summed E-state index contributed by atoms with van der Waals surface area (Å²) < 4.78 is 0. The van der Waals surface area contributed by atoms with Gasteiger partial charge in [-0.15, -0.1) is 5.92 Å². The molecule has 0 aromatic carbocycles. The van der Waals surface area contributed by atoms with Crippen LogP contribution in [0.1, 0.15) is 39.5 Å². The topological polar surface area (TPSA) is 12.0 Å². The monoisotopic (exact) mass is 179 g/mol. The van der Waals surface area contributed by atoms with E-state index in [1.54, 1.807) is 0 Å². The third-order valence-electron chi connectivity index (χ3n) is 3.09. The molecule has 74 valence electrons. The van der Waals surface area contributed by atoms with Crippen LogP contribution in [0.15, 0.2) is 0 Å². The van der Waals surface area contributed by atoms with Crippen LogP contribution < -0.4 is 5.32 Å². The highest BCUT2D eigenvalue weighted by atomic mass is 14.8. The maximum absolute atomic E-state index is 3.41. The summed E-state index contributed by atoms with van der Waals surface area (Å²) >= 11 is 0. The van der Waals surface area contributed by atoms with E-state index in [1.807, 2.05) is 6.92 Å². The van der Waals surface area contributed by atoms with Crippen LogP contribution in [0.4, 0.5) is 0 Å². The molecule has 0 aliphatic heterocycles. The first kappa shape index (κ1) is 10.6. The molecule has 13 heavy (non-hydrogen) atoms. The Balaban J connectivity index is 2.14. The van der Waals surface area contributed by atoms with Crippen molar-refractivity contribution in [3.8, 4) is 11.8 Å². The van der Waals surface area contributed by atoms with Gasteiger partial charge in [0.2, 0.25) is 0 Å². The summed E-state index contributed by atoms with van der Waals surface area (Å²) in [6.07, 6.45) is 5.70. The van der Waals surface area contributed by atoms with Crippen molar-refractivity contribution in [3.05, 3.63) is 0 Å². The molecule has 1 fully saturated rings. The van der Waals surface area contributed by atoms with E-state index in [1.165, 1.54) is 25.7 Å². The van der Waals surface area contributed by atoms with Crippen LogP contribution >= 0.6 is 0 Å². The molecule has 1 aliphatic carbocycles. The van der Waals surface area contributed by atoms with Crippen molar-refractivity contribution < 1.29 is 0 Å². The van der Waals surface area contributed by atoms with Crippen LogP contribution in [-0.4, -0.2) is 13.1 Å². The van der Waals surface area contributed by atoms with Crippen LogP contribution in [0.3, 0.4) is 0 Å². The zero-order valence-corrected chi connectivity index (χ0v) is 8.90. The molecule has 0 radical (unpaired) electrons. The molecular formula is C12H21N. The molecule has 0 saturated heterocycles. The molecule has 1 nitrogen and oxygen atoms in total. The van der Waals surface area contributed by atoms with Gasteiger partial charge >= 0.3 is 0 Å². The molecule has 1 heteroatoms. The van der Waals surface area contributed by atoms with Gasteiger partial charge < -0.3 is 5.32 Å². The molecule has 2 unspecified atom stereocenters. The Kier molecular flexibility index (Phi) is 4.93. The van der Waals surface area contributed by atoms with Crippen LogP contribution in [0, 0.1) is 23.7 Å². The first-order valence-electron chi connectivity index (χ1n) is 5.45. The van der Waals surface area contributed by atoms with Crippen molar-refractivity contribution in [3.63, 3.8) is 0 Å². The lowest BCUT2D eigenvalue weighted by molar-refractivity contribution is 0.250. The van der Waals surface area contributed by atoms with Crippen LogP contribution in [0.25, 0.3) is 0 Å². The summed E-state index contributed by atoms with van der Waals surface area (Å²) in [4.78, 5) is 0. The predicted molar refractivity (Wildman–Crippen MR) is 57.4 cm³/mol. The lowest BCUT2D eigenvalue weighted by Crippen LogP contribution is -2.29. The summed E-state index contributed by atoms with van der Waals surface area (Å²) in [6, 6.07) is 0. The first-order valence-corrected chi connectivity index (χ1v) is 5.45. The highest BCUT2D eigenvalue weighted by molar-refractivity contribution is 4.97. The van der Waals surface area contributed by atoms with Gasteiger partial charge in [-0.3, -0.25) is 0 Å². The van der Waals surface area contributed by atoms with Crippen LogP contribution in [-0.2, 0) is 0 Å². The van der Waals surface area contributed by atoms with Crippen molar-refractivity contribution in [1.29, 1.82) is 0 Å². The minimum Gasteiger partial charge on any atom is -0.306 e. The van der Waals surface area contributed by atoms with E-state index in [0.29, 0.717) is 0 Å². The Morgan fingerprint density at radius 3 is 2.77 bits per heavy atom. The molecule has 0 aromatic heterocycles. The predicted octanol–water partition coefficient (Wildman–Crippen LogP) is 2.43. The summed E-state index contributed by atoms with van der Waals surface area (Å²) in [7, 11) is 0. The molecule has 0 bridgehead atoms. The quantitative estimate of drug-likeness (QED) is 0.518. The van der Waals surface area contributed by atoms with Crippen molar-refractivity contribution in [2.24, 2.45) is 11.8 Å². The molecule has 0 heterocycles. The number of nitrogens with one attached hydrogen (secondary N) is 1. The fourth-order valence-electron chi connectivity index (χ4n) is 2.10. The zero-order valence-electron chi connectivity index (χ0n) is 8.90. The average molecular weight is 179 g/mol. The van der Waals surface area contributed by atoms with E-state index in [4.69, 9.17) is 0 Å². The lowest BCUT2D eigenvalue weighted by Gasteiger charge is -2.28. The van der Waals surface area contributed by atoms with Gasteiger partial charge in [0.25, 0.3) is 0 Å². The van der Waals surface area contributed by atoms with Crippen LogP contribution in [0.2, 0.25) is 0 Å². The number of hydrogen-bond acceptors (Lipinski definition) is 1. The Morgan fingerprint density at radius 1 is 1.31 bits per heavy atom. The van der Waals surface area contributed by atoms with Gasteiger partial charge in [0, 0.05) is 0 Å². The highest BCUT2D eigenvalue weighted by Crippen LogP contribution is 2.28. The highest BCUT2D eigenvalue weighted by Gasteiger charge is 2.20. The minimum absolute atomic E-state index is 0.861. The van der Waals surface area contributed by atoms with Crippen LogP contribution in [0.5, 0.6) is 0 Å². The smallest absolute Gasteiger partial charge is 0.0576 e. The number of rotatable bonds is 3. The molecule has 1 saturated carbocycles. The van der Waals surface area contributed by atoms with Gasteiger partial charge in [-0.05, 0) is 31.7 Å². The lowest BCUT2D eigenvalue weighted by atomic mass is 9.80. The molecule has 1 aliphatic rings. The van der Waals surface area contributed by atoms with Gasteiger partial charge in [-0.1, -0.05) is 32.1 Å². The second-order valence-corrected chi connectivity index (χ2v) is 4.08. The summed E-state index contributed by atoms with van der Waals surface area (Å²) in [5.41, 5.74) is 0. The van der Waals surface area contributed by atoms with Gasteiger partial charge in [-0.25, -0.2) is 0 Å². The van der Waals surface area contributed by atoms with E-state index in [0.717, 1.165) is 24.9 Å². The normalized spacial score (nSPS) is 27.8. The summed E-state index contributed by atoms with van der Waals surface area (Å²) in [5.74, 6) is 7.75. The first-order chi connectivity index (χ1) is 6.34. The van der Waals surface area contributed by atoms with E-state index in [2.05, 4.69) is 24.1 Å². The second-order valence-electron chi connectivity index (χ2n) is 4.08. The molecule has 0 aromatic rings. The van der Waals surface area contributed by atoms with E-state index in [9.17, 15) is 0 Å². The van der Waals surface area contributed by atoms with Crippen molar-refractivity contribution >= 4 is 0 Å². The Morgan fingerprint density at radius 2 is 2.08 bits per heavy atom. The fraction of sp³-hybridized carbons (Fsp3) is 0.833. The molecule has 1 rings (SSSR count). The summed E-state index contributed by atoms with van der Waals surface area (Å²) in [5, 5.41) is 3.41. The molecule has 1 N–H and O–H groups in total. The van der Waals surface area contributed by atoms with E-state index >= 15 is 0 Å². The molecule has 0 spiro atoms. The zero-order chi connectivity index (χ0) is 9.52. The Bertz CT molecular complexity index is 187. The SMILES string of the molecule is CC#CCNCC1CCCCC1C. The minimum atomic E-state index is 0.861. The largest absolute Gasteiger partial charge is 0.306 e. The van der Waals surface area contributed by atoms with E-state index in [-0.39, 0.29) is 0 Å². The maximum atomic E-state index is 3.41. The maximum Gasteiger partial charge on any atom is 0.0576 e. The second kappa shape index (κ2) is 6.05. The third kappa shape index (κ3) is 3.83. The number of hydrogen-bond donors (Lipinski definition) is 1. The van der Waals surface area contributed by atoms with Gasteiger partial charge in [0.15, 0.2) is 0 Å². The fourth-order valence-corrected chi connectivity index (χ4v) is 2.10. The van der Waals surface area contributed by atoms with Gasteiger partial charge in [0.1, 0.15) is 0 Å². The van der Waals surface area contributed by atoms with Crippen molar-refractivity contribution in [2.45, 2.75) is 39.5 Å². The molecular weight excluding hydrogens is 158 g/mol. The Labute approximate surface area is 82.3 Å². The molecule has 2 atom stereocenters.